The molecule has 0 aliphatic heterocycles. The van der Waals surface area contributed by atoms with Gasteiger partial charge in [0.15, 0.2) is 0 Å². The monoisotopic (exact) mass is 154 g/mol. The minimum Gasteiger partial charge on any atom is -0.481 e. The molecule has 2 nitrogen and oxygen atoms in total. The summed E-state index contributed by atoms with van der Waals surface area (Å²) in [7, 11) is 0. The van der Waals surface area contributed by atoms with Crippen LogP contribution in [0.4, 0.5) is 0 Å². The lowest BCUT2D eigenvalue weighted by molar-refractivity contribution is -0.137. The third kappa shape index (κ3) is 5.40. The number of carboxylic acids is 1. The quantitative estimate of drug-likeness (QED) is 0.616. The van der Waals surface area contributed by atoms with E-state index in [0.29, 0.717) is 0 Å². The topological polar surface area (TPSA) is 37.3 Å². The summed E-state index contributed by atoms with van der Waals surface area (Å²) in [5, 5.41) is 8.44. The van der Waals surface area contributed by atoms with Crippen LogP contribution in [0.1, 0.15) is 19.8 Å². The van der Waals surface area contributed by atoms with Crippen molar-refractivity contribution >= 4 is 5.97 Å². The largest absolute Gasteiger partial charge is 0.481 e. The number of allylic oxidation sites excluding steroid dienone is 3. The molecule has 0 rings (SSSR count). The number of hydrogen-bond acceptors (Lipinski definition) is 1. The van der Waals surface area contributed by atoms with Crippen LogP contribution in [0.3, 0.4) is 0 Å². The lowest BCUT2D eigenvalue weighted by Crippen LogP contribution is -2.03. The van der Waals surface area contributed by atoms with E-state index < -0.39 is 5.97 Å². The molecule has 0 saturated heterocycles. The van der Waals surface area contributed by atoms with E-state index in [1.165, 1.54) is 0 Å². The molecule has 0 aliphatic rings. The molecule has 0 aromatic heterocycles. The molecule has 11 heavy (non-hydrogen) atoms. The van der Waals surface area contributed by atoms with Crippen molar-refractivity contribution in [3.05, 3.63) is 24.8 Å². The molecule has 0 aliphatic carbocycles. The zero-order valence-electron chi connectivity index (χ0n) is 6.79. The molecule has 2 heteroatoms. The maximum atomic E-state index is 10.3. The summed E-state index contributed by atoms with van der Waals surface area (Å²) in [6.07, 6.45) is 6.50. The zero-order valence-corrected chi connectivity index (χ0v) is 6.79. The van der Waals surface area contributed by atoms with Crippen molar-refractivity contribution in [2.45, 2.75) is 19.8 Å². The van der Waals surface area contributed by atoms with Gasteiger partial charge in [-0.2, -0.15) is 0 Å². The van der Waals surface area contributed by atoms with Gasteiger partial charge in [0, 0.05) is 0 Å². The van der Waals surface area contributed by atoms with Crippen LogP contribution >= 0.6 is 0 Å². The van der Waals surface area contributed by atoms with Crippen LogP contribution in [-0.2, 0) is 4.79 Å². The molecular weight excluding hydrogens is 140 g/mol. The third-order valence-corrected chi connectivity index (χ3v) is 1.44. The van der Waals surface area contributed by atoms with E-state index in [-0.39, 0.29) is 12.3 Å². The van der Waals surface area contributed by atoms with Crippen LogP contribution in [0, 0.1) is 5.92 Å². The van der Waals surface area contributed by atoms with Gasteiger partial charge < -0.3 is 5.11 Å². The summed E-state index contributed by atoms with van der Waals surface area (Å²) >= 11 is 0. The third-order valence-electron chi connectivity index (χ3n) is 1.44. The lowest BCUT2D eigenvalue weighted by atomic mass is 10.0. The van der Waals surface area contributed by atoms with Crippen LogP contribution in [0.25, 0.3) is 0 Å². The summed E-state index contributed by atoms with van der Waals surface area (Å²) in [4.78, 5) is 10.3. The highest BCUT2D eigenvalue weighted by atomic mass is 16.4. The Morgan fingerprint density at radius 1 is 1.73 bits per heavy atom. The molecule has 0 aromatic rings. The normalized spacial score (nSPS) is 13.2. The Labute approximate surface area is 67.2 Å². The van der Waals surface area contributed by atoms with E-state index in [4.69, 9.17) is 5.11 Å². The fourth-order valence-corrected chi connectivity index (χ4v) is 0.798. The molecule has 0 aromatic carbocycles. The molecule has 1 unspecified atom stereocenters. The van der Waals surface area contributed by atoms with Crippen molar-refractivity contribution in [1.82, 2.24) is 0 Å². The van der Waals surface area contributed by atoms with E-state index in [0.717, 1.165) is 6.42 Å². The maximum absolute atomic E-state index is 10.3. The highest BCUT2D eigenvalue weighted by Gasteiger charge is 2.06. The second-order valence-corrected chi connectivity index (χ2v) is 2.40. The number of carboxylic acid groups (broad SMARTS) is 1. The van der Waals surface area contributed by atoms with Gasteiger partial charge in [0.05, 0.1) is 6.42 Å². The van der Waals surface area contributed by atoms with Gasteiger partial charge in [-0.3, -0.25) is 4.79 Å². The number of carbonyl (C=O) groups is 1. The molecule has 0 amide bonds. The van der Waals surface area contributed by atoms with Crippen molar-refractivity contribution in [3.8, 4) is 0 Å². The van der Waals surface area contributed by atoms with Crippen molar-refractivity contribution in [2.75, 3.05) is 0 Å². The van der Waals surface area contributed by atoms with E-state index in [1.54, 1.807) is 6.08 Å². The zero-order chi connectivity index (χ0) is 8.69. The number of hydrogen-bond donors (Lipinski definition) is 1. The molecule has 0 radical (unpaired) electrons. The standard InChI is InChI=1S/C9H14O2/c1-3-5-6-8(4-2)7-9(10)11/h3-5,8H,2,6-7H2,1H3,(H,10,11)/b5-3+. The Kier molecular flexibility index (Phi) is 5.17. The van der Waals surface area contributed by atoms with Gasteiger partial charge in [0.25, 0.3) is 0 Å². The predicted octanol–water partition coefficient (Wildman–Crippen LogP) is 2.23. The Bertz CT molecular complexity index is 159. The minimum atomic E-state index is -0.764. The van der Waals surface area contributed by atoms with Gasteiger partial charge >= 0.3 is 5.97 Å². The minimum absolute atomic E-state index is 0.0729. The number of aliphatic carboxylic acids is 1. The Balaban J connectivity index is 3.75. The Hall–Kier alpha value is -1.05. The van der Waals surface area contributed by atoms with E-state index >= 15 is 0 Å². The molecular formula is C9H14O2. The number of rotatable bonds is 5. The molecule has 1 atom stereocenters. The first kappa shape index (κ1) is 9.95. The van der Waals surface area contributed by atoms with Crippen LogP contribution in [0.5, 0.6) is 0 Å². The smallest absolute Gasteiger partial charge is 0.303 e. The van der Waals surface area contributed by atoms with Crippen molar-refractivity contribution in [3.63, 3.8) is 0 Å². The van der Waals surface area contributed by atoms with Crippen LogP contribution in [-0.4, -0.2) is 11.1 Å². The Morgan fingerprint density at radius 2 is 2.36 bits per heavy atom. The first-order valence-electron chi connectivity index (χ1n) is 3.66. The fourth-order valence-electron chi connectivity index (χ4n) is 0.798. The van der Waals surface area contributed by atoms with Gasteiger partial charge in [0.2, 0.25) is 0 Å². The molecule has 0 saturated carbocycles. The maximum Gasteiger partial charge on any atom is 0.303 e. The SMILES string of the molecule is C=CC(C/C=C/C)CC(=O)O. The highest BCUT2D eigenvalue weighted by molar-refractivity contribution is 5.67. The average Bonchev–Trinajstić information content (AvgIpc) is 1.97. The first-order valence-corrected chi connectivity index (χ1v) is 3.66. The molecule has 0 spiro atoms. The average molecular weight is 154 g/mol. The van der Waals surface area contributed by atoms with E-state index in [2.05, 4.69) is 6.58 Å². The van der Waals surface area contributed by atoms with Crippen LogP contribution in [0.2, 0.25) is 0 Å². The van der Waals surface area contributed by atoms with Crippen LogP contribution in [0.15, 0.2) is 24.8 Å². The van der Waals surface area contributed by atoms with E-state index in [1.807, 2.05) is 19.1 Å². The lowest BCUT2D eigenvalue weighted by Gasteiger charge is -2.04. The Morgan fingerprint density at radius 3 is 2.73 bits per heavy atom. The second-order valence-electron chi connectivity index (χ2n) is 2.40. The molecule has 0 heterocycles. The van der Waals surface area contributed by atoms with E-state index in [9.17, 15) is 4.79 Å². The summed E-state index contributed by atoms with van der Waals surface area (Å²) in [5.41, 5.74) is 0. The van der Waals surface area contributed by atoms with Crippen LogP contribution < -0.4 is 0 Å². The summed E-state index contributed by atoms with van der Waals surface area (Å²) in [6.45, 7) is 5.49. The first-order chi connectivity index (χ1) is 5.20. The summed E-state index contributed by atoms with van der Waals surface area (Å²) < 4.78 is 0. The van der Waals surface area contributed by atoms with Gasteiger partial charge in [0.1, 0.15) is 0 Å². The molecule has 0 fully saturated rings. The second kappa shape index (κ2) is 5.71. The van der Waals surface area contributed by atoms with Gasteiger partial charge in [-0.25, -0.2) is 0 Å². The van der Waals surface area contributed by atoms with Gasteiger partial charge in [-0.15, -0.1) is 6.58 Å². The molecule has 1 N–H and O–H groups in total. The van der Waals surface area contributed by atoms with Gasteiger partial charge in [-0.05, 0) is 19.3 Å². The highest BCUT2D eigenvalue weighted by Crippen LogP contribution is 2.09. The molecule has 0 bridgehead atoms. The predicted molar refractivity (Wildman–Crippen MR) is 45.4 cm³/mol. The fraction of sp³-hybridized carbons (Fsp3) is 0.444. The van der Waals surface area contributed by atoms with Crippen molar-refractivity contribution < 1.29 is 9.90 Å². The summed E-state index contributed by atoms with van der Waals surface area (Å²) in [6, 6.07) is 0. The molecule has 62 valence electrons. The van der Waals surface area contributed by atoms with Crippen molar-refractivity contribution in [1.29, 1.82) is 0 Å². The van der Waals surface area contributed by atoms with Gasteiger partial charge in [-0.1, -0.05) is 18.2 Å². The summed E-state index contributed by atoms with van der Waals surface area (Å²) in [5.74, 6) is -0.692. The van der Waals surface area contributed by atoms with Crippen molar-refractivity contribution in [2.24, 2.45) is 5.92 Å².